The van der Waals surface area contributed by atoms with E-state index in [4.69, 9.17) is 0 Å². The van der Waals surface area contributed by atoms with Crippen molar-refractivity contribution in [1.82, 2.24) is 4.90 Å². The summed E-state index contributed by atoms with van der Waals surface area (Å²) in [5.41, 5.74) is 8.88. The summed E-state index contributed by atoms with van der Waals surface area (Å²) in [7, 11) is 0. The van der Waals surface area contributed by atoms with Crippen LogP contribution in [0.1, 0.15) is 38.9 Å². The van der Waals surface area contributed by atoms with Gasteiger partial charge in [0.25, 0.3) is 11.8 Å². The first-order chi connectivity index (χ1) is 15.2. The van der Waals surface area contributed by atoms with Crippen LogP contribution in [-0.4, -0.2) is 16.7 Å². The van der Waals surface area contributed by atoms with Crippen LogP contribution in [-0.2, 0) is 16.1 Å². The van der Waals surface area contributed by atoms with Crippen LogP contribution in [0.4, 0.5) is 5.69 Å². The molecule has 1 N–H and O–H groups in total. The third-order valence-electron chi connectivity index (χ3n) is 6.20. The minimum atomic E-state index is -0.304. The molecule has 2 amide bonds. The van der Waals surface area contributed by atoms with Crippen molar-refractivity contribution in [2.45, 2.75) is 41.2 Å². The maximum absolute atomic E-state index is 13.5. The number of rotatable bonds is 5. The molecule has 0 saturated heterocycles. The molecule has 0 bridgehead atoms. The fourth-order valence-corrected chi connectivity index (χ4v) is 3.84. The lowest BCUT2D eigenvalue weighted by Crippen LogP contribution is -2.32. The fraction of sp³-hybridized carbons (Fsp3) is 0.214. The van der Waals surface area contributed by atoms with Gasteiger partial charge in [0.05, 0.1) is 12.1 Å². The van der Waals surface area contributed by atoms with Crippen LogP contribution in [0.3, 0.4) is 0 Å². The minimum absolute atomic E-state index is 0.240. The zero-order valence-corrected chi connectivity index (χ0v) is 19.2. The number of benzene rings is 3. The molecule has 4 nitrogen and oxygen atoms in total. The molecule has 0 fully saturated rings. The Labute approximate surface area is 189 Å². The Morgan fingerprint density at radius 3 is 1.94 bits per heavy atom. The van der Waals surface area contributed by atoms with Crippen LogP contribution in [0, 0.1) is 34.6 Å². The van der Waals surface area contributed by atoms with Gasteiger partial charge in [-0.05, 0) is 80.1 Å². The summed E-state index contributed by atoms with van der Waals surface area (Å²) in [6.45, 7) is 10.4. The van der Waals surface area contributed by atoms with Gasteiger partial charge < -0.3 is 5.32 Å². The van der Waals surface area contributed by atoms with E-state index < -0.39 is 0 Å². The smallest absolute Gasteiger partial charge is 0.278 e. The van der Waals surface area contributed by atoms with Crippen molar-refractivity contribution in [1.29, 1.82) is 0 Å². The fourth-order valence-electron chi connectivity index (χ4n) is 3.84. The Hall–Kier alpha value is -3.66. The molecule has 0 spiro atoms. The standard InChI is InChI=1S/C28H28N2O2/c1-17-6-10-22(11-7-17)16-30-27(31)25(23-12-8-18(2)20(4)14-23)26(28(30)32)29-24-13-9-19(3)21(5)15-24/h6-15,29H,16H2,1-5H3. The van der Waals surface area contributed by atoms with E-state index in [0.717, 1.165) is 39.1 Å². The SMILES string of the molecule is Cc1ccc(CN2C(=O)C(Nc3ccc(C)c(C)c3)=C(c3ccc(C)c(C)c3)C2=O)cc1. The minimum Gasteiger partial charge on any atom is -0.350 e. The molecule has 0 saturated carbocycles. The lowest BCUT2D eigenvalue weighted by molar-refractivity contribution is -0.137. The van der Waals surface area contributed by atoms with E-state index in [2.05, 4.69) is 5.32 Å². The van der Waals surface area contributed by atoms with Gasteiger partial charge >= 0.3 is 0 Å². The molecule has 3 aromatic carbocycles. The topological polar surface area (TPSA) is 49.4 Å². The number of aryl methyl sites for hydroxylation is 5. The molecule has 4 rings (SSSR count). The number of nitrogens with one attached hydrogen (secondary N) is 1. The molecule has 0 unspecified atom stereocenters. The van der Waals surface area contributed by atoms with Crippen LogP contribution >= 0.6 is 0 Å². The highest BCUT2D eigenvalue weighted by atomic mass is 16.2. The second kappa shape index (κ2) is 8.46. The highest BCUT2D eigenvalue weighted by Gasteiger charge is 2.39. The number of carbonyl (C=O) groups excluding carboxylic acids is 2. The van der Waals surface area contributed by atoms with Gasteiger partial charge in [0.1, 0.15) is 5.70 Å². The number of amides is 2. The Balaban J connectivity index is 1.76. The number of nitrogens with zero attached hydrogens (tertiary/aromatic N) is 1. The average molecular weight is 425 g/mol. The molecule has 4 heteroatoms. The highest BCUT2D eigenvalue weighted by Crippen LogP contribution is 2.32. The largest absolute Gasteiger partial charge is 0.350 e. The predicted molar refractivity (Wildman–Crippen MR) is 129 cm³/mol. The van der Waals surface area contributed by atoms with Gasteiger partial charge in [-0.15, -0.1) is 0 Å². The zero-order chi connectivity index (χ0) is 23.0. The van der Waals surface area contributed by atoms with E-state index in [0.29, 0.717) is 11.3 Å². The summed E-state index contributed by atoms with van der Waals surface area (Å²) in [6, 6.07) is 19.7. The molecular weight excluding hydrogens is 396 g/mol. The summed E-state index contributed by atoms with van der Waals surface area (Å²) in [6.07, 6.45) is 0. The van der Waals surface area contributed by atoms with Crippen molar-refractivity contribution in [2.75, 3.05) is 5.32 Å². The van der Waals surface area contributed by atoms with E-state index >= 15 is 0 Å². The molecule has 3 aromatic rings. The van der Waals surface area contributed by atoms with Gasteiger partial charge in [0.15, 0.2) is 0 Å². The third-order valence-corrected chi connectivity index (χ3v) is 6.20. The summed E-state index contributed by atoms with van der Waals surface area (Å²) < 4.78 is 0. The first-order valence-electron chi connectivity index (χ1n) is 10.8. The van der Waals surface area contributed by atoms with Gasteiger partial charge in [0.2, 0.25) is 0 Å². The van der Waals surface area contributed by atoms with Crippen LogP contribution in [0.2, 0.25) is 0 Å². The number of imide groups is 1. The normalized spacial score (nSPS) is 13.8. The van der Waals surface area contributed by atoms with Crippen molar-refractivity contribution in [2.24, 2.45) is 0 Å². The Kier molecular flexibility index (Phi) is 5.70. The van der Waals surface area contributed by atoms with E-state index in [1.807, 2.05) is 95.3 Å². The van der Waals surface area contributed by atoms with E-state index in [-0.39, 0.29) is 18.4 Å². The Morgan fingerprint density at radius 1 is 0.688 bits per heavy atom. The second-order valence-corrected chi connectivity index (χ2v) is 8.66. The summed E-state index contributed by atoms with van der Waals surface area (Å²) in [5.74, 6) is -0.577. The van der Waals surface area contributed by atoms with Crippen molar-refractivity contribution in [3.63, 3.8) is 0 Å². The molecule has 1 aliphatic heterocycles. The van der Waals surface area contributed by atoms with E-state index in [9.17, 15) is 9.59 Å². The van der Waals surface area contributed by atoms with Gasteiger partial charge in [-0.25, -0.2) is 0 Å². The first kappa shape index (κ1) is 21.6. The number of anilines is 1. The second-order valence-electron chi connectivity index (χ2n) is 8.66. The van der Waals surface area contributed by atoms with E-state index in [1.54, 1.807) is 0 Å². The number of carbonyl (C=O) groups is 2. The third kappa shape index (κ3) is 4.09. The van der Waals surface area contributed by atoms with Crippen molar-refractivity contribution < 1.29 is 9.59 Å². The zero-order valence-electron chi connectivity index (χ0n) is 19.2. The lowest BCUT2D eigenvalue weighted by atomic mass is 9.99. The summed E-state index contributed by atoms with van der Waals surface area (Å²) in [4.78, 5) is 28.3. The Bertz CT molecular complexity index is 1250. The molecule has 0 aliphatic carbocycles. The van der Waals surface area contributed by atoms with Crippen LogP contribution in [0.5, 0.6) is 0 Å². The molecule has 1 aliphatic rings. The van der Waals surface area contributed by atoms with Crippen molar-refractivity contribution in [3.8, 4) is 0 Å². The van der Waals surface area contributed by atoms with E-state index in [1.165, 1.54) is 10.5 Å². The maximum Gasteiger partial charge on any atom is 0.278 e. The molecule has 0 radical (unpaired) electrons. The highest BCUT2D eigenvalue weighted by molar-refractivity contribution is 6.36. The Morgan fingerprint density at radius 2 is 1.31 bits per heavy atom. The first-order valence-corrected chi connectivity index (χ1v) is 10.8. The molecule has 1 heterocycles. The maximum atomic E-state index is 13.5. The monoisotopic (exact) mass is 424 g/mol. The number of hydrogen-bond acceptors (Lipinski definition) is 3. The van der Waals surface area contributed by atoms with Crippen LogP contribution < -0.4 is 5.32 Å². The van der Waals surface area contributed by atoms with Crippen molar-refractivity contribution >= 4 is 23.1 Å². The average Bonchev–Trinajstić information content (AvgIpc) is 2.98. The molecule has 32 heavy (non-hydrogen) atoms. The van der Waals surface area contributed by atoms with Gasteiger partial charge in [-0.1, -0.05) is 54.1 Å². The van der Waals surface area contributed by atoms with Crippen molar-refractivity contribution in [3.05, 3.63) is 105 Å². The molecular formula is C28H28N2O2. The quantitative estimate of drug-likeness (QED) is 0.541. The predicted octanol–water partition coefficient (Wildman–Crippen LogP) is 5.62. The molecule has 0 atom stereocenters. The van der Waals surface area contributed by atoms with Gasteiger partial charge in [-0.3, -0.25) is 14.5 Å². The summed E-state index contributed by atoms with van der Waals surface area (Å²) >= 11 is 0. The molecule has 162 valence electrons. The molecule has 0 aromatic heterocycles. The summed E-state index contributed by atoms with van der Waals surface area (Å²) in [5, 5.41) is 3.26. The lowest BCUT2D eigenvalue weighted by Gasteiger charge is -2.16. The van der Waals surface area contributed by atoms with Gasteiger partial charge in [0, 0.05) is 5.69 Å². The van der Waals surface area contributed by atoms with Crippen LogP contribution in [0.25, 0.3) is 5.57 Å². The van der Waals surface area contributed by atoms with Crippen LogP contribution in [0.15, 0.2) is 66.4 Å². The van der Waals surface area contributed by atoms with Gasteiger partial charge in [-0.2, -0.15) is 0 Å². The number of hydrogen-bond donors (Lipinski definition) is 1.